The number of alkyl halides is 11. The summed E-state index contributed by atoms with van der Waals surface area (Å²) in [5, 5.41) is 1.07. The van der Waals surface area contributed by atoms with Crippen molar-refractivity contribution < 1.29 is 57.8 Å². The summed E-state index contributed by atoms with van der Waals surface area (Å²) >= 11 is 0. The van der Waals surface area contributed by atoms with Gasteiger partial charge in [0.15, 0.2) is 0 Å². The normalized spacial score (nSPS) is 16.9. The molecule has 0 aromatic heterocycles. The Hall–Kier alpha value is -1.34. The molecule has 1 atom stereocenters. The lowest BCUT2D eigenvalue weighted by atomic mass is 10.2. The fourth-order valence-corrected chi connectivity index (χ4v) is 0.991. The molecule has 0 aliphatic heterocycles. The molecular formula is C9H8F11NO2. The smallest absolute Gasteiger partial charge is 0.351 e. The van der Waals surface area contributed by atoms with Crippen molar-refractivity contribution in [2.75, 3.05) is 6.54 Å². The Labute approximate surface area is 120 Å². The molecule has 0 radical (unpaired) electrons. The molecule has 1 N–H and O–H groups in total. The molecule has 23 heavy (non-hydrogen) atoms. The highest BCUT2D eigenvalue weighted by atomic mass is 19.4. The van der Waals surface area contributed by atoms with Gasteiger partial charge in [0.2, 0.25) is 0 Å². The summed E-state index contributed by atoms with van der Waals surface area (Å²) in [6.45, 7) is 0.520. The molecule has 0 bridgehead atoms. The standard InChI is InChI=1S/C9H8F11NO2/c1-2-3-21-4(22)5(10,7(13,14)15)23-9(19,20)6(11,12)8(16,17)18/h2-3H2,1H3,(H,21,22)/t5-/m0/s1. The number of hydrogen-bond donors (Lipinski definition) is 1. The Kier molecular flexibility index (Phi) is 5.91. The number of nitrogens with one attached hydrogen (secondary N) is 1. The molecule has 0 unspecified atom stereocenters. The van der Waals surface area contributed by atoms with Crippen molar-refractivity contribution in [3.63, 3.8) is 0 Å². The van der Waals surface area contributed by atoms with Gasteiger partial charge in [0.1, 0.15) is 0 Å². The first-order valence-corrected chi connectivity index (χ1v) is 5.50. The molecule has 1 amide bonds. The fraction of sp³-hybridized carbons (Fsp3) is 0.889. The van der Waals surface area contributed by atoms with E-state index in [0.29, 0.717) is 0 Å². The SMILES string of the molecule is CCCNC(=O)[C@](F)(OC(F)(F)C(F)(F)C(F)(F)F)C(F)(F)F. The number of halogens is 11. The Morgan fingerprint density at radius 3 is 1.61 bits per heavy atom. The molecular weight excluding hydrogens is 363 g/mol. The van der Waals surface area contributed by atoms with Crippen LogP contribution in [0.15, 0.2) is 0 Å². The summed E-state index contributed by atoms with van der Waals surface area (Å²) in [4.78, 5) is 10.9. The highest BCUT2D eigenvalue weighted by molar-refractivity contribution is 5.84. The van der Waals surface area contributed by atoms with E-state index in [2.05, 4.69) is 0 Å². The summed E-state index contributed by atoms with van der Waals surface area (Å²) < 4.78 is 139. The van der Waals surface area contributed by atoms with Crippen LogP contribution in [-0.2, 0) is 9.53 Å². The zero-order chi connectivity index (χ0) is 18.9. The third kappa shape index (κ3) is 4.14. The number of ether oxygens (including phenoxy) is 1. The summed E-state index contributed by atoms with van der Waals surface area (Å²) in [6.07, 6.45) is -20.9. The van der Waals surface area contributed by atoms with E-state index in [1.54, 1.807) is 0 Å². The van der Waals surface area contributed by atoms with Gasteiger partial charge in [0.05, 0.1) is 0 Å². The molecule has 0 aromatic carbocycles. The van der Waals surface area contributed by atoms with Crippen LogP contribution in [0, 0.1) is 0 Å². The number of amides is 1. The third-order valence-corrected chi connectivity index (χ3v) is 2.18. The van der Waals surface area contributed by atoms with Crippen molar-refractivity contribution in [2.24, 2.45) is 0 Å². The van der Waals surface area contributed by atoms with Crippen LogP contribution >= 0.6 is 0 Å². The average molecular weight is 371 g/mol. The van der Waals surface area contributed by atoms with Gasteiger partial charge in [-0.15, -0.1) is 0 Å². The molecule has 0 spiro atoms. The predicted molar refractivity (Wildman–Crippen MR) is 50.2 cm³/mol. The van der Waals surface area contributed by atoms with Gasteiger partial charge in [-0.25, -0.2) is 0 Å². The van der Waals surface area contributed by atoms with Gasteiger partial charge < -0.3 is 5.32 Å². The maximum absolute atomic E-state index is 13.5. The van der Waals surface area contributed by atoms with E-state index in [4.69, 9.17) is 0 Å². The molecule has 0 aliphatic carbocycles. The average Bonchev–Trinajstić information content (AvgIpc) is 2.32. The Balaban J connectivity index is 5.78. The third-order valence-electron chi connectivity index (χ3n) is 2.18. The highest BCUT2D eigenvalue weighted by Crippen LogP contribution is 2.50. The Bertz CT molecular complexity index is 430. The molecule has 0 saturated heterocycles. The molecule has 0 heterocycles. The van der Waals surface area contributed by atoms with Crippen molar-refractivity contribution in [1.29, 1.82) is 0 Å². The van der Waals surface area contributed by atoms with Crippen LogP contribution < -0.4 is 5.32 Å². The number of rotatable bonds is 6. The minimum Gasteiger partial charge on any atom is -0.351 e. The largest absolute Gasteiger partial charge is 0.462 e. The van der Waals surface area contributed by atoms with Crippen molar-refractivity contribution in [1.82, 2.24) is 5.32 Å². The van der Waals surface area contributed by atoms with Crippen molar-refractivity contribution in [3.05, 3.63) is 0 Å². The van der Waals surface area contributed by atoms with E-state index in [-0.39, 0.29) is 6.42 Å². The second-order valence-electron chi connectivity index (χ2n) is 4.04. The van der Waals surface area contributed by atoms with E-state index in [1.165, 1.54) is 6.92 Å². The first-order valence-electron chi connectivity index (χ1n) is 5.50. The van der Waals surface area contributed by atoms with Gasteiger partial charge >= 0.3 is 30.2 Å². The van der Waals surface area contributed by atoms with E-state index in [0.717, 1.165) is 5.32 Å². The minimum atomic E-state index is -7.19. The zero-order valence-corrected chi connectivity index (χ0v) is 10.9. The Morgan fingerprint density at radius 1 is 0.870 bits per heavy atom. The first kappa shape index (κ1) is 21.7. The first-order chi connectivity index (χ1) is 9.94. The van der Waals surface area contributed by atoms with Gasteiger partial charge in [0, 0.05) is 6.54 Å². The monoisotopic (exact) mass is 371 g/mol. The summed E-state index contributed by atoms with van der Waals surface area (Å²) in [7, 11) is 0. The lowest BCUT2D eigenvalue weighted by Crippen LogP contribution is -2.63. The van der Waals surface area contributed by atoms with E-state index in [9.17, 15) is 53.1 Å². The maximum Gasteiger partial charge on any atom is 0.462 e. The van der Waals surface area contributed by atoms with Crippen molar-refractivity contribution in [3.8, 4) is 0 Å². The van der Waals surface area contributed by atoms with Crippen LogP contribution in [0.1, 0.15) is 13.3 Å². The topological polar surface area (TPSA) is 38.3 Å². The second kappa shape index (κ2) is 6.28. The lowest BCUT2D eigenvalue weighted by molar-refractivity contribution is -0.472. The zero-order valence-electron chi connectivity index (χ0n) is 10.9. The van der Waals surface area contributed by atoms with Crippen LogP contribution in [-0.4, -0.2) is 42.7 Å². The second-order valence-corrected chi connectivity index (χ2v) is 4.04. The van der Waals surface area contributed by atoms with Crippen LogP contribution in [0.5, 0.6) is 0 Å². The minimum absolute atomic E-state index is 0.130. The van der Waals surface area contributed by atoms with Crippen molar-refractivity contribution in [2.45, 2.75) is 43.6 Å². The van der Waals surface area contributed by atoms with Gasteiger partial charge in [-0.2, -0.15) is 48.3 Å². The fourth-order valence-electron chi connectivity index (χ4n) is 0.991. The number of hydrogen-bond acceptors (Lipinski definition) is 2. The molecule has 0 aliphatic rings. The molecule has 0 fully saturated rings. The lowest BCUT2D eigenvalue weighted by Gasteiger charge is -2.34. The van der Waals surface area contributed by atoms with Gasteiger partial charge in [-0.05, 0) is 6.42 Å². The summed E-state index contributed by atoms with van der Waals surface area (Å²) in [5.74, 6) is -16.3. The molecule has 138 valence electrons. The van der Waals surface area contributed by atoms with Gasteiger partial charge in [-0.3, -0.25) is 9.53 Å². The molecule has 0 rings (SSSR count). The van der Waals surface area contributed by atoms with Crippen LogP contribution in [0.2, 0.25) is 0 Å². The van der Waals surface area contributed by atoms with Crippen LogP contribution in [0.3, 0.4) is 0 Å². The van der Waals surface area contributed by atoms with E-state index in [1.807, 2.05) is 4.74 Å². The summed E-state index contributed by atoms with van der Waals surface area (Å²) in [5.41, 5.74) is 0. The molecule has 0 aromatic rings. The van der Waals surface area contributed by atoms with E-state index < -0.39 is 42.7 Å². The predicted octanol–water partition coefficient (Wildman–Crippen LogP) is 3.55. The number of carbonyl (C=O) groups excluding carboxylic acids is 1. The van der Waals surface area contributed by atoms with Gasteiger partial charge in [-0.1, -0.05) is 6.92 Å². The molecule has 0 saturated carbocycles. The molecule has 3 nitrogen and oxygen atoms in total. The van der Waals surface area contributed by atoms with Crippen LogP contribution in [0.4, 0.5) is 48.3 Å². The Morgan fingerprint density at radius 2 is 1.30 bits per heavy atom. The number of carbonyl (C=O) groups is 1. The summed E-state index contributed by atoms with van der Waals surface area (Å²) in [6, 6.07) is 0. The highest BCUT2D eigenvalue weighted by Gasteiger charge is 2.79. The quantitative estimate of drug-likeness (QED) is 0.726. The van der Waals surface area contributed by atoms with Gasteiger partial charge in [0.25, 0.3) is 5.91 Å². The maximum atomic E-state index is 13.5. The van der Waals surface area contributed by atoms with Crippen LogP contribution in [0.25, 0.3) is 0 Å². The van der Waals surface area contributed by atoms with E-state index >= 15 is 0 Å². The molecule has 14 heteroatoms. The van der Waals surface area contributed by atoms with Crippen molar-refractivity contribution >= 4 is 5.91 Å².